The lowest BCUT2D eigenvalue weighted by molar-refractivity contribution is -0.0500. The van der Waals surface area contributed by atoms with Crippen LogP contribution in [0, 0.1) is 5.95 Å². The van der Waals surface area contributed by atoms with Gasteiger partial charge >= 0.3 is 6.61 Å². The predicted octanol–water partition coefficient (Wildman–Crippen LogP) is 3.69. The van der Waals surface area contributed by atoms with Crippen LogP contribution in [0.1, 0.15) is 17.7 Å². The van der Waals surface area contributed by atoms with Crippen molar-refractivity contribution in [1.29, 1.82) is 0 Å². The minimum Gasteiger partial charge on any atom is -0.433 e. The average molecular weight is 357 g/mol. The van der Waals surface area contributed by atoms with E-state index in [9.17, 15) is 13.2 Å². The number of rotatable bonds is 6. The molecule has 0 saturated carbocycles. The number of aryl methyl sites for hydroxylation is 2. The number of nitrogens with zero attached hydrogens (tertiary/aromatic N) is 4. The quantitative estimate of drug-likeness (QED) is 0.676. The first kappa shape index (κ1) is 16.5. The van der Waals surface area contributed by atoms with Crippen molar-refractivity contribution in [1.82, 2.24) is 19.6 Å². The highest BCUT2D eigenvalue weighted by molar-refractivity contribution is 6.29. The Kier molecular flexibility index (Phi) is 4.84. The molecular formula is C15H12ClF3N4O. The van der Waals surface area contributed by atoms with Crippen LogP contribution in [-0.4, -0.2) is 26.2 Å². The number of alkyl halides is 2. The Morgan fingerprint density at radius 2 is 2.00 bits per heavy atom. The number of fused-ring (bicyclic) bond motifs is 1. The monoisotopic (exact) mass is 356 g/mol. The largest absolute Gasteiger partial charge is 0.433 e. The lowest BCUT2D eigenvalue weighted by Gasteiger charge is -2.06. The molecule has 3 rings (SSSR count). The highest BCUT2D eigenvalue weighted by atomic mass is 35.5. The summed E-state index contributed by atoms with van der Waals surface area (Å²) in [7, 11) is 0. The predicted molar refractivity (Wildman–Crippen MR) is 80.8 cm³/mol. The third kappa shape index (κ3) is 3.76. The standard InChI is InChI=1S/C15H12ClF3N4O/c16-12-6-9(14-21-8-13(17)23(14)22-12)2-1-3-10-4-5-11(7-20-10)24-15(18)19/h4-8,15H,1-3H2. The van der Waals surface area contributed by atoms with Gasteiger partial charge < -0.3 is 4.74 Å². The summed E-state index contributed by atoms with van der Waals surface area (Å²) >= 11 is 5.89. The number of pyridine rings is 1. The molecule has 0 amide bonds. The summed E-state index contributed by atoms with van der Waals surface area (Å²) in [5.74, 6) is -0.561. The van der Waals surface area contributed by atoms with Crippen LogP contribution in [0.5, 0.6) is 5.75 Å². The normalized spacial score (nSPS) is 11.4. The smallest absolute Gasteiger partial charge is 0.387 e. The molecule has 0 aliphatic rings. The van der Waals surface area contributed by atoms with Crippen molar-refractivity contribution in [3.05, 3.63) is 53.0 Å². The Morgan fingerprint density at radius 1 is 1.17 bits per heavy atom. The Bertz CT molecular complexity index is 839. The topological polar surface area (TPSA) is 52.3 Å². The maximum atomic E-state index is 13.5. The molecular weight excluding hydrogens is 345 g/mol. The van der Waals surface area contributed by atoms with E-state index in [1.54, 1.807) is 12.1 Å². The van der Waals surface area contributed by atoms with Gasteiger partial charge in [-0.3, -0.25) is 4.98 Å². The van der Waals surface area contributed by atoms with E-state index in [0.29, 0.717) is 24.9 Å². The molecule has 9 heteroatoms. The lowest BCUT2D eigenvalue weighted by Crippen LogP contribution is -2.03. The van der Waals surface area contributed by atoms with Crippen LogP contribution in [0.25, 0.3) is 5.65 Å². The first-order valence-electron chi connectivity index (χ1n) is 7.11. The van der Waals surface area contributed by atoms with Crippen molar-refractivity contribution in [2.45, 2.75) is 25.9 Å². The van der Waals surface area contributed by atoms with Gasteiger partial charge in [-0.25, -0.2) is 4.98 Å². The molecule has 126 valence electrons. The molecule has 5 nitrogen and oxygen atoms in total. The second kappa shape index (κ2) is 7.04. The summed E-state index contributed by atoms with van der Waals surface area (Å²) in [6.07, 6.45) is 4.26. The molecule has 3 aromatic rings. The molecule has 0 saturated heterocycles. The third-order valence-electron chi connectivity index (χ3n) is 3.37. The molecule has 0 atom stereocenters. The highest BCUT2D eigenvalue weighted by Gasteiger charge is 2.11. The van der Waals surface area contributed by atoms with Crippen LogP contribution in [-0.2, 0) is 12.8 Å². The Labute approximate surface area is 140 Å². The summed E-state index contributed by atoms with van der Waals surface area (Å²) < 4.78 is 43.0. The van der Waals surface area contributed by atoms with Crippen LogP contribution in [0.4, 0.5) is 13.2 Å². The molecule has 24 heavy (non-hydrogen) atoms. The van der Waals surface area contributed by atoms with E-state index in [2.05, 4.69) is 19.8 Å². The highest BCUT2D eigenvalue weighted by Crippen LogP contribution is 2.18. The maximum Gasteiger partial charge on any atom is 0.387 e. The zero-order valence-corrected chi connectivity index (χ0v) is 13.1. The number of hydrogen-bond donors (Lipinski definition) is 0. The van der Waals surface area contributed by atoms with Crippen molar-refractivity contribution >= 4 is 17.2 Å². The molecule has 0 unspecified atom stereocenters. The van der Waals surface area contributed by atoms with Crippen LogP contribution >= 0.6 is 11.6 Å². The SMILES string of the molecule is Fc1cnc2c(CCCc3ccc(OC(F)F)cn3)cc(Cl)nn12. The Morgan fingerprint density at radius 3 is 2.71 bits per heavy atom. The van der Waals surface area contributed by atoms with E-state index in [1.165, 1.54) is 12.3 Å². The number of ether oxygens (including phenoxy) is 1. The first-order valence-corrected chi connectivity index (χ1v) is 7.49. The summed E-state index contributed by atoms with van der Waals surface area (Å²) in [6.45, 7) is -2.87. The summed E-state index contributed by atoms with van der Waals surface area (Å²) in [4.78, 5) is 8.06. The van der Waals surface area contributed by atoms with Gasteiger partial charge in [0, 0.05) is 11.3 Å². The van der Waals surface area contributed by atoms with Crippen molar-refractivity contribution < 1.29 is 17.9 Å². The lowest BCUT2D eigenvalue weighted by atomic mass is 10.1. The molecule has 0 radical (unpaired) electrons. The second-order valence-corrected chi connectivity index (χ2v) is 5.41. The van der Waals surface area contributed by atoms with E-state index >= 15 is 0 Å². The zero-order chi connectivity index (χ0) is 17.1. The van der Waals surface area contributed by atoms with Gasteiger partial charge in [-0.1, -0.05) is 11.6 Å². The number of hydrogen-bond acceptors (Lipinski definition) is 4. The van der Waals surface area contributed by atoms with E-state index in [-0.39, 0.29) is 10.9 Å². The van der Waals surface area contributed by atoms with Gasteiger partial charge in [0.25, 0.3) is 0 Å². The van der Waals surface area contributed by atoms with Crippen LogP contribution in [0.2, 0.25) is 5.15 Å². The van der Waals surface area contributed by atoms with Crippen molar-refractivity contribution in [2.75, 3.05) is 0 Å². The van der Waals surface area contributed by atoms with Gasteiger partial charge in [0.15, 0.2) is 10.8 Å². The van der Waals surface area contributed by atoms with Gasteiger partial charge in [-0.05, 0) is 37.5 Å². The molecule has 0 N–H and O–H groups in total. The number of imidazole rings is 1. The summed E-state index contributed by atoms with van der Waals surface area (Å²) in [5.41, 5.74) is 1.93. The van der Waals surface area contributed by atoms with E-state index in [1.807, 2.05) is 0 Å². The van der Waals surface area contributed by atoms with Crippen LogP contribution in [0.15, 0.2) is 30.6 Å². The molecule has 0 fully saturated rings. The van der Waals surface area contributed by atoms with Crippen LogP contribution in [0.3, 0.4) is 0 Å². The van der Waals surface area contributed by atoms with E-state index in [4.69, 9.17) is 11.6 Å². The molecule has 3 aromatic heterocycles. The van der Waals surface area contributed by atoms with Gasteiger partial charge in [-0.15, -0.1) is 0 Å². The van der Waals surface area contributed by atoms with Crippen molar-refractivity contribution in [3.63, 3.8) is 0 Å². The maximum absolute atomic E-state index is 13.5. The summed E-state index contributed by atoms with van der Waals surface area (Å²) in [6, 6.07) is 4.72. The number of aromatic nitrogens is 4. The fourth-order valence-corrected chi connectivity index (χ4v) is 2.55. The van der Waals surface area contributed by atoms with E-state index < -0.39 is 12.6 Å². The number of halogens is 4. The molecule has 3 heterocycles. The average Bonchev–Trinajstić information content (AvgIpc) is 2.90. The van der Waals surface area contributed by atoms with E-state index in [0.717, 1.165) is 22.0 Å². The molecule has 0 spiro atoms. The molecule has 0 bridgehead atoms. The minimum atomic E-state index is -2.87. The summed E-state index contributed by atoms with van der Waals surface area (Å²) in [5, 5.41) is 4.03. The molecule has 0 aromatic carbocycles. The fourth-order valence-electron chi connectivity index (χ4n) is 2.35. The van der Waals surface area contributed by atoms with Crippen molar-refractivity contribution in [3.8, 4) is 5.75 Å². The molecule has 0 aliphatic carbocycles. The van der Waals surface area contributed by atoms with Gasteiger partial charge in [0.05, 0.1) is 12.4 Å². The Balaban J connectivity index is 1.64. The fraction of sp³-hybridized carbons (Fsp3) is 0.267. The van der Waals surface area contributed by atoms with Gasteiger partial charge in [0.2, 0.25) is 5.95 Å². The van der Waals surface area contributed by atoms with Crippen molar-refractivity contribution in [2.24, 2.45) is 0 Å². The minimum absolute atomic E-state index is 0.0178. The molecule has 0 aliphatic heterocycles. The zero-order valence-electron chi connectivity index (χ0n) is 12.3. The van der Waals surface area contributed by atoms with Crippen LogP contribution < -0.4 is 4.74 Å². The third-order valence-corrected chi connectivity index (χ3v) is 3.56. The first-order chi connectivity index (χ1) is 11.5. The van der Waals surface area contributed by atoms with Gasteiger partial charge in [-0.2, -0.15) is 22.8 Å². The second-order valence-electron chi connectivity index (χ2n) is 5.03. The Hall–Kier alpha value is -2.35. The van der Waals surface area contributed by atoms with Gasteiger partial charge in [0.1, 0.15) is 5.75 Å².